The fourth-order valence-corrected chi connectivity index (χ4v) is 1.50. The van der Waals surface area contributed by atoms with Crippen LogP contribution in [0.3, 0.4) is 0 Å². The van der Waals surface area contributed by atoms with Crippen LogP contribution in [0.4, 0.5) is 8.78 Å². The smallest absolute Gasteiger partial charge is 0.206 e. The predicted octanol–water partition coefficient (Wildman–Crippen LogP) is 3.94. The number of alkyl halides is 2. The molecule has 2 heteroatoms. The van der Waals surface area contributed by atoms with Crippen molar-refractivity contribution in [1.82, 2.24) is 0 Å². The molecular weight excluding hydrogens is 170 g/mol. The van der Waals surface area contributed by atoms with Crippen molar-refractivity contribution in [3.8, 4) is 0 Å². The first-order valence-corrected chi connectivity index (χ1v) is 4.82. The monoisotopic (exact) mass is 186 g/mol. The van der Waals surface area contributed by atoms with Gasteiger partial charge in [-0.1, -0.05) is 32.1 Å². The van der Waals surface area contributed by atoms with E-state index < -0.39 is 11.8 Å². The highest BCUT2D eigenvalue weighted by atomic mass is 19.3. The van der Waals surface area contributed by atoms with E-state index in [-0.39, 0.29) is 6.42 Å². The highest BCUT2D eigenvalue weighted by Crippen LogP contribution is 2.34. The zero-order valence-electron chi connectivity index (χ0n) is 8.19. The summed E-state index contributed by atoms with van der Waals surface area (Å²) in [4.78, 5) is 0. The van der Waals surface area contributed by atoms with E-state index >= 15 is 0 Å². The molecule has 74 valence electrons. The van der Waals surface area contributed by atoms with Gasteiger partial charge in [0.25, 0.3) is 5.92 Å². The summed E-state index contributed by atoms with van der Waals surface area (Å²) in [7, 11) is 0. The van der Waals surface area contributed by atoms with Gasteiger partial charge in [-0.25, -0.2) is 8.78 Å². The summed E-state index contributed by atoms with van der Waals surface area (Å²) in [5, 5.41) is 0. The van der Waals surface area contributed by atoms with E-state index in [4.69, 9.17) is 0 Å². The van der Waals surface area contributed by atoms with Gasteiger partial charge < -0.3 is 0 Å². The van der Waals surface area contributed by atoms with E-state index in [0.717, 1.165) is 18.4 Å². The Kier molecular flexibility index (Phi) is 3.23. The molecule has 13 heavy (non-hydrogen) atoms. The lowest BCUT2D eigenvalue weighted by Gasteiger charge is -2.24. The third-order valence-corrected chi connectivity index (χ3v) is 2.63. The number of hydrogen-bond acceptors (Lipinski definition) is 0. The first kappa shape index (κ1) is 10.4. The Balaban J connectivity index is 2.71. The quantitative estimate of drug-likeness (QED) is 0.626. The standard InChI is InChI=1S/C11H16F2/c1-3-11(12,13)9(2)10-7-5-4-6-8-10/h5,7-9H,3-4,6H2,1-2H3. The summed E-state index contributed by atoms with van der Waals surface area (Å²) in [6, 6.07) is 0. The minimum atomic E-state index is -2.56. The van der Waals surface area contributed by atoms with Crippen molar-refractivity contribution in [2.75, 3.05) is 0 Å². The fourth-order valence-electron chi connectivity index (χ4n) is 1.50. The molecular formula is C11H16F2. The maximum Gasteiger partial charge on any atom is 0.254 e. The van der Waals surface area contributed by atoms with Gasteiger partial charge in [0.05, 0.1) is 0 Å². The van der Waals surface area contributed by atoms with Gasteiger partial charge in [0.1, 0.15) is 0 Å². The summed E-state index contributed by atoms with van der Waals surface area (Å²) in [5.74, 6) is -3.21. The molecule has 0 aromatic rings. The summed E-state index contributed by atoms with van der Waals surface area (Å²) in [6.07, 6.45) is 7.52. The fraction of sp³-hybridized carbons (Fsp3) is 0.636. The number of allylic oxidation sites excluding steroid dienone is 4. The molecule has 0 spiro atoms. The van der Waals surface area contributed by atoms with Gasteiger partial charge >= 0.3 is 0 Å². The van der Waals surface area contributed by atoms with E-state index in [1.165, 1.54) is 6.92 Å². The van der Waals surface area contributed by atoms with Crippen LogP contribution in [0.15, 0.2) is 23.8 Å². The van der Waals surface area contributed by atoms with Crippen LogP contribution in [0.5, 0.6) is 0 Å². The Morgan fingerprint density at radius 3 is 2.62 bits per heavy atom. The van der Waals surface area contributed by atoms with Crippen LogP contribution in [0.2, 0.25) is 0 Å². The SMILES string of the molecule is CCC(F)(F)C(C)C1=CCCC=C1. The average Bonchev–Trinajstić information content (AvgIpc) is 2.18. The Morgan fingerprint density at radius 1 is 1.46 bits per heavy atom. The van der Waals surface area contributed by atoms with Crippen molar-refractivity contribution in [3.05, 3.63) is 23.8 Å². The van der Waals surface area contributed by atoms with Crippen LogP contribution in [-0.4, -0.2) is 5.92 Å². The van der Waals surface area contributed by atoms with Crippen molar-refractivity contribution < 1.29 is 8.78 Å². The number of hydrogen-bond donors (Lipinski definition) is 0. The average molecular weight is 186 g/mol. The van der Waals surface area contributed by atoms with Crippen LogP contribution in [0.1, 0.15) is 33.1 Å². The Hall–Kier alpha value is -0.660. The molecule has 0 amide bonds. The molecule has 0 aromatic carbocycles. The molecule has 1 aliphatic rings. The maximum absolute atomic E-state index is 13.3. The molecule has 0 heterocycles. The molecule has 1 aliphatic carbocycles. The molecule has 0 nitrogen and oxygen atoms in total. The molecule has 0 fully saturated rings. The van der Waals surface area contributed by atoms with Crippen LogP contribution < -0.4 is 0 Å². The molecule has 0 aromatic heterocycles. The largest absolute Gasteiger partial charge is 0.254 e. The number of rotatable bonds is 3. The molecule has 0 radical (unpaired) electrons. The van der Waals surface area contributed by atoms with E-state index in [0.29, 0.717) is 0 Å². The molecule has 0 bridgehead atoms. The highest BCUT2D eigenvalue weighted by molar-refractivity contribution is 5.26. The maximum atomic E-state index is 13.3. The second-order valence-corrected chi connectivity index (χ2v) is 3.52. The molecule has 0 saturated carbocycles. The highest BCUT2D eigenvalue weighted by Gasteiger charge is 2.35. The first-order chi connectivity index (χ1) is 6.08. The summed E-state index contributed by atoms with van der Waals surface area (Å²) in [6.45, 7) is 3.13. The Bertz CT molecular complexity index is 226. The topological polar surface area (TPSA) is 0 Å². The zero-order chi connectivity index (χ0) is 9.90. The Morgan fingerprint density at radius 2 is 2.15 bits per heavy atom. The van der Waals surface area contributed by atoms with Gasteiger partial charge in [-0.3, -0.25) is 0 Å². The lowest BCUT2D eigenvalue weighted by atomic mass is 9.89. The molecule has 0 aliphatic heterocycles. The zero-order valence-corrected chi connectivity index (χ0v) is 8.19. The molecule has 1 rings (SSSR count). The summed E-state index contributed by atoms with van der Waals surface area (Å²) < 4.78 is 26.5. The van der Waals surface area contributed by atoms with Gasteiger partial charge in [0, 0.05) is 12.3 Å². The van der Waals surface area contributed by atoms with Gasteiger partial charge in [0.15, 0.2) is 0 Å². The first-order valence-electron chi connectivity index (χ1n) is 4.82. The lowest BCUT2D eigenvalue weighted by molar-refractivity contribution is -0.0404. The predicted molar refractivity (Wildman–Crippen MR) is 50.9 cm³/mol. The lowest BCUT2D eigenvalue weighted by Crippen LogP contribution is -2.26. The van der Waals surface area contributed by atoms with E-state index in [2.05, 4.69) is 0 Å². The van der Waals surface area contributed by atoms with Crippen molar-refractivity contribution in [1.29, 1.82) is 0 Å². The summed E-state index contributed by atoms with van der Waals surface area (Å²) >= 11 is 0. The van der Waals surface area contributed by atoms with E-state index in [1.807, 2.05) is 18.2 Å². The van der Waals surface area contributed by atoms with Crippen molar-refractivity contribution >= 4 is 0 Å². The van der Waals surface area contributed by atoms with Gasteiger partial charge in [-0.15, -0.1) is 0 Å². The van der Waals surface area contributed by atoms with E-state index in [1.54, 1.807) is 6.92 Å². The Labute approximate surface area is 78.3 Å². The normalized spacial score (nSPS) is 19.8. The van der Waals surface area contributed by atoms with Crippen molar-refractivity contribution in [2.24, 2.45) is 5.92 Å². The van der Waals surface area contributed by atoms with Gasteiger partial charge in [-0.05, 0) is 18.4 Å². The van der Waals surface area contributed by atoms with Crippen LogP contribution in [0.25, 0.3) is 0 Å². The molecule has 1 atom stereocenters. The molecule has 1 unspecified atom stereocenters. The molecule has 0 N–H and O–H groups in total. The van der Waals surface area contributed by atoms with Crippen molar-refractivity contribution in [3.63, 3.8) is 0 Å². The van der Waals surface area contributed by atoms with Crippen LogP contribution in [0, 0.1) is 5.92 Å². The third-order valence-electron chi connectivity index (χ3n) is 2.63. The van der Waals surface area contributed by atoms with Crippen LogP contribution >= 0.6 is 0 Å². The number of halogens is 2. The second kappa shape index (κ2) is 4.03. The van der Waals surface area contributed by atoms with Gasteiger partial charge in [-0.2, -0.15) is 0 Å². The van der Waals surface area contributed by atoms with Crippen molar-refractivity contribution in [2.45, 2.75) is 39.0 Å². The molecule has 0 saturated heterocycles. The van der Waals surface area contributed by atoms with Gasteiger partial charge in [0.2, 0.25) is 0 Å². The minimum absolute atomic E-state index is 0.0840. The van der Waals surface area contributed by atoms with E-state index in [9.17, 15) is 8.78 Å². The minimum Gasteiger partial charge on any atom is -0.206 e. The second-order valence-electron chi connectivity index (χ2n) is 3.52. The third kappa shape index (κ3) is 2.39. The summed E-state index contributed by atoms with van der Waals surface area (Å²) in [5.41, 5.74) is 0.790. The van der Waals surface area contributed by atoms with Crippen LogP contribution in [-0.2, 0) is 0 Å².